The number of hydrogen-bond donors (Lipinski definition) is 1. The molecule has 0 bridgehead atoms. The summed E-state index contributed by atoms with van der Waals surface area (Å²) >= 11 is 0. The predicted octanol–water partition coefficient (Wildman–Crippen LogP) is 1.90. The van der Waals surface area contributed by atoms with E-state index in [1.54, 1.807) is 12.3 Å². The van der Waals surface area contributed by atoms with E-state index in [4.69, 9.17) is 4.74 Å². The minimum Gasteiger partial charge on any atom is -0.472 e. The van der Waals surface area contributed by atoms with Crippen molar-refractivity contribution in [1.29, 1.82) is 0 Å². The van der Waals surface area contributed by atoms with E-state index >= 15 is 0 Å². The normalized spacial score (nSPS) is 11.9. The summed E-state index contributed by atoms with van der Waals surface area (Å²) in [4.78, 5) is 4.04. The largest absolute Gasteiger partial charge is 0.472 e. The van der Waals surface area contributed by atoms with Crippen molar-refractivity contribution in [3.63, 3.8) is 0 Å². The lowest BCUT2D eigenvalue weighted by Gasteiger charge is -2.17. The number of hydrogen-bond acceptors (Lipinski definition) is 2. The molecule has 102 valence electrons. The van der Waals surface area contributed by atoms with Crippen molar-refractivity contribution in [2.24, 2.45) is 0 Å². The molecule has 0 radical (unpaired) electrons. The van der Waals surface area contributed by atoms with Crippen LogP contribution in [0.2, 0.25) is 0 Å². The minimum absolute atomic E-state index is 0.150. The predicted molar refractivity (Wildman–Crippen MR) is 65.9 cm³/mol. The molecule has 0 aliphatic heterocycles. The maximum atomic E-state index is 12.0. The molecule has 5 heteroatoms. The van der Waals surface area contributed by atoms with Gasteiger partial charge in [0.1, 0.15) is 6.54 Å². The van der Waals surface area contributed by atoms with Crippen LogP contribution in [-0.4, -0.2) is 23.6 Å². The van der Waals surface area contributed by atoms with Gasteiger partial charge in [-0.15, -0.1) is 0 Å². The molecule has 0 saturated carbocycles. The summed E-state index contributed by atoms with van der Waals surface area (Å²) in [6, 6.07) is 1.70. The number of aryl methyl sites for hydroxylation is 1. The maximum Gasteiger partial charge on any atom is 0.272 e. The number of ether oxygens (including phenoxy) is 1. The van der Waals surface area contributed by atoms with E-state index in [9.17, 15) is 8.78 Å². The van der Waals surface area contributed by atoms with E-state index in [0.717, 1.165) is 17.7 Å². The fraction of sp³-hybridized carbons (Fsp3) is 0.615. The van der Waals surface area contributed by atoms with E-state index in [1.165, 1.54) is 0 Å². The van der Waals surface area contributed by atoms with Crippen molar-refractivity contribution in [3.05, 3.63) is 23.4 Å². The summed E-state index contributed by atoms with van der Waals surface area (Å²) in [6.07, 6.45) is -0.778. The van der Waals surface area contributed by atoms with Crippen molar-refractivity contribution < 1.29 is 18.8 Å². The highest BCUT2D eigenvalue weighted by Crippen LogP contribution is 2.13. The number of pyridine rings is 1. The number of nitrogens with two attached hydrogens (primary N) is 1. The van der Waals surface area contributed by atoms with Gasteiger partial charge in [-0.25, -0.2) is 13.8 Å². The zero-order valence-corrected chi connectivity index (χ0v) is 11.3. The first kappa shape index (κ1) is 14.8. The molecule has 0 amide bonds. The van der Waals surface area contributed by atoms with Gasteiger partial charge in [0, 0.05) is 17.8 Å². The number of halogens is 2. The molecule has 0 atom stereocenters. The van der Waals surface area contributed by atoms with Gasteiger partial charge in [-0.1, -0.05) is 0 Å². The Hall–Kier alpha value is -1.23. The third kappa shape index (κ3) is 5.40. The second-order valence-corrected chi connectivity index (χ2v) is 5.43. The monoisotopic (exact) mass is 259 g/mol. The van der Waals surface area contributed by atoms with E-state index in [-0.39, 0.29) is 11.4 Å². The summed E-state index contributed by atoms with van der Waals surface area (Å²) in [5.74, 6) is 0.257. The number of quaternary nitrogens is 1. The Morgan fingerprint density at radius 3 is 2.56 bits per heavy atom. The zero-order valence-electron chi connectivity index (χ0n) is 11.3. The molecule has 2 N–H and O–H groups in total. The van der Waals surface area contributed by atoms with Crippen LogP contribution in [0.3, 0.4) is 0 Å². The number of rotatable bonds is 5. The molecule has 1 aromatic rings. The highest BCUT2D eigenvalue weighted by Gasteiger charge is 2.14. The highest BCUT2D eigenvalue weighted by molar-refractivity contribution is 5.27. The number of nitrogens with zero attached hydrogens (tertiary/aromatic N) is 1. The van der Waals surface area contributed by atoms with Crippen LogP contribution in [0.15, 0.2) is 12.3 Å². The summed E-state index contributed by atoms with van der Waals surface area (Å²) in [5, 5.41) is 2.21. The van der Waals surface area contributed by atoms with Gasteiger partial charge < -0.3 is 10.1 Å². The Balaban J connectivity index is 2.62. The molecule has 0 aliphatic carbocycles. The fourth-order valence-corrected chi connectivity index (χ4v) is 1.42. The van der Waals surface area contributed by atoms with Crippen molar-refractivity contribution >= 4 is 0 Å². The highest BCUT2D eigenvalue weighted by atomic mass is 19.3. The van der Waals surface area contributed by atoms with Gasteiger partial charge in [0.2, 0.25) is 5.88 Å². The van der Waals surface area contributed by atoms with Crippen LogP contribution in [0.1, 0.15) is 31.9 Å². The zero-order chi connectivity index (χ0) is 13.8. The Labute approximate surface area is 107 Å². The third-order valence-corrected chi connectivity index (χ3v) is 2.49. The molecule has 0 aliphatic rings. The summed E-state index contributed by atoms with van der Waals surface area (Å²) < 4.78 is 28.9. The Bertz CT molecular complexity index is 389. The van der Waals surface area contributed by atoms with Gasteiger partial charge in [-0.05, 0) is 33.3 Å². The average molecular weight is 259 g/mol. The van der Waals surface area contributed by atoms with Gasteiger partial charge in [-0.3, -0.25) is 0 Å². The van der Waals surface area contributed by atoms with Crippen LogP contribution in [0.4, 0.5) is 8.78 Å². The smallest absolute Gasteiger partial charge is 0.272 e. The molecule has 1 heterocycles. The van der Waals surface area contributed by atoms with Crippen molar-refractivity contribution in [1.82, 2.24) is 4.98 Å². The van der Waals surface area contributed by atoms with Crippen LogP contribution >= 0.6 is 0 Å². The molecule has 18 heavy (non-hydrogen) atoms. The van der Waals surface area contributed by atoms with Crippen molar-refractivity contribution in [2.45, 2.75) is 46.2 Å². The lowest BCUT2D eigenvalue weighted by Crippen LogP contribution is -2.93. The van der Waals surface area contributed by atoms with Crippen molar-refractivity contribution in [3.8, 4) is 5.88 Å². The molecule has 3 nitrogen and oxygen atoms in total. The molecule has 0 fully saturated rings. The topological polar surface area (TPSA) is 38.7 Å². The molecular weight excluding hydrogens is 238 g/mol. The standard InChI is InChI=1S/C13H20F2N2O/c1-9-5-12(18-8-11(14)15)16-6-10(9)7-17-13(2,3)4/h5-6,11,17H,7-8H2,1-4H3/p+1. The third-order valence-electron chi connectivity index (χ3n) is 2.49. The Morgan fingerprint density at radius 2 is 2.06 bits per heavy atom. The molecule has 0 unspecified atom stereocenters. The van der Waals surface area contributed by atoms with Crippen LogP contribution in [0.5, 0.6) is 5.88 Å². The Kier molecular flexibility index (Phi) is 5.02. The fourth-order valence-electron chi connectivity index (χ4n) is 1.42. The molecule has 0 spiro atoms. The van der Waals surface area contributed by atoms with Crippen LogP contribution in [-0.2, 0) is 6.54 Å². The van der Waals surface area contributed by atoms with Crippen LogP contribution in [0, 0.1) is 6.92 Å². The number of aromatic nitrogens is 1. The minimum atomic E-state index is -2.47. The molecule has 1 rings (SSSR count). The summed E-state index contributed by atoms with van der Waals surface area (Å²) in [7, 11) is 0. The lowest BCUT2D eigenvalue weighted by atomic mass is 10.1. The van der Waals surface area contributed by atoms with Crippen LogP contribution < -0.4 is 10.1 Å². The average Bonchev–Trinajstić information content (AvgIpc) is 2.23. The quantitative estimate of drug-likeness (QED) is 0.877. The second kappa shape index (κ2) is 6.09. The van der Waals surface area contributed by atoms with E-state index in [0.29, 0.717) is 0 Å². The molecular formula is C13H21F2N2O+. The van der Waals surface area contributed by atoms with E-state index in [2.05, 4.69) is 31.1 Å². The van der Waals surface area contributed by atoms with Gasteiger partial charge in [0.25, 0.3) is 6.43 Å². The Morgan fingerprint density at radius 1 is 1.39 bits per heavy atom. The van der Waals surface area contributed by atoms with Gasteiger partial charge >= 0.3 is 0 Å². The molecule has 1 aromatic heterocycles. The first-order valence-electron chi connectivity index (χ1n) is 5.99. The first-order valence-corrected chi connectivity index (χ1v) is 5.99. The first-order chi connectivity index (χ1) is 8.28. The van der Waals surface area contributed by atoms with E-state index in [1.807, 2.05) is 6.92 Å². The molecule has 0 saturated heterocycles. The van der Waals surface area contributed by atoms with Gasteiger partial charge in [0.05, 0.1) is 5.54 Å². The number of alkyl halides is 2. The lowest BCUT2D eigenvalue weighted by molar-refractivity contribution is -0.731. The maximum absolute atomic E-state index is 12.0. The SMILES string of the molecule is Cc1cc(OCC(F)F)ncc1C[NH2+]C(C)(C)C. The molecule has 0 aromatic carbocycles. The summed E-state index contributed by atoms with van der Waals surface area (Å²) in [6.45, 7) is 8.54. The van der Waals surface area contributed by atoms with Gasteiger partial charge in [-0.2, -0.15) is 0 Å². The van der Waals surface area contributed by atoms with Crippen LogP contribution in [0.25, 0.3) is 0 Å². The van der Waals surface area contributed by atoms with E-state index < -0.39 is 13.0 Å². The summed E-state index contributed by atoms with van der Waals surface area (Å²) in [5.41, 5.74) is 2.25. The van der Waals surface area contributed by atoms with Crippen molar-refractivity contribution in [2.75, 3.05) is 6.61 Å². The van der Waals surface area contributed by atoms with Gasteiger partial charge in [0.15, 0.2) is 6.61 Å². The second-order valence-electron chi connectivity index (χ2n) is 5.43.